The number of benzene rings is 8. The number of aromatic nitrogens is 1. The zero-order valence-electron chi connectivity index (χ0n) is 25.5. The molecule has 2 nitrogen and oxygen atoms in total. The number of anilines is 3. The summed E-state index contributed by atoms with van der Waals surface area (Å²) < 4.78 is 5.38. The van der Waals surface area contributed by atoms with Gasteiger partial charge in [0.05, 0.1) is 0 Å². The Balaban J connectivity index is 1.21. The van der Waals surface area contributed by atoms with E-state index in [9.17, 15) is 0 Å². The first-order valence-electron chi connectivity index (χ1n) is 16.0. The molecule has 0 aliphatic carbocycles. The van der Waals surface area contributed by atoms with E-state index in [1.807, 2.05) is 0 Å². The Hall–Kier alpha value is -5.60. The molecule has 8 aromatic carbocycles. The molecule has 0 saturated heterocycles. The van der Waals surface area contributed by atoms with Crippen molar-refractivity contribution in [3.8, 4) is 5.69 Å². The summed E-state index contributed by atoms with van der Waals surface area (Å²) >= 11 is 0.314. The monoisotopic (exact) mass is 664 g/mol. The fraction of sp³-hybridized carbons (Fsp3) is 0. The van der Waals surface area contributed by atoms with Crippen LogP contribution in [0.5, 0.6) is 0 Å². The Kier molecular flexibility index (Phi) is 5.92. The second-order valence-electron chi connectivity index (χ2n) is 12.2. The number of rotatable bonds is 4. The second kappa shape index (κ2) is 10.5. The molecule has 0 aliphatic rings. The van der Waals surface area contributed by atoms with Crippen LogP contribution >= 0.6 is 0 Å². The summed E-state index contributed by atoms with van der Waals surface area (Å²) in [6, 6.07) is 62.3. The summed E-state index contributed by atoms with van der Waals surface area (Å²) in [7, 11) is 0. The molecule has 2 heterocycles. The molecule has 47 heavy (non-hydrogen) atoms. The maximum absolute atomic E-state index is 2.41. The van der Waals surface area contributed by atoms with Gasteiger partial charge in [0.1, 0.15) is 0 Å². The van der Waals surface area contributed by atoms with E-state index in [1.165, 1.54) is 68.3 Å². The van der Waals surface area contributed by atoms with Crippen molar-refractivity contribution in [2.75, 3.05) is 4.90 Å². The number of para-hydroxylation sites is 2. The summed E-state index contributed by atoms with van der Waals surface area (Å²) in [6.07, 6.45) is 0. The molecule has 0 amide bonds. The van der Waals surface area contributed by atoms with Gasteiger partial charge < -0.3 is 0 Å². The number of hydrogen-bond acceptors (Lipinski definition) is 1. The average molecular weight is 664 g/mol. The Bertz CT molecular complexity index is 2790. The first kappa shape index (κ1) is 26.6. The van der Waals surface area contributed by atoms with Crippen LogP contribution in [0.2, 0.25) is 0 Å². The molecular weight excluding hydrogens is 635 g/mol. The predicted molar refractivity (Wildman–Crippen MR) is 202 cm³/mol. The van der Waals surface area contributed by atoms with Gasteiger partial charge in [0.25, 0.3) is 0 Å². The third-order valence-electron chi connectivity index (χ3n) is 9.50. The van der Waals surface area contributed by atoms with E-state index in [4.69, 9.17) is 0 Å². The summed E-state index contributed by atoms with van der Waals surface area (Å²) in [4.78, 5) is 2.40. The minimum absolute atomic E-state index is 0.314. The fourth-order valence-corrected chi connectivity index (χ4v) is 9.95. The zero-order chi connectivity index (χ0) is 30.9. The SMILES string of the molecule is c1ccc(N(c2ccc3c(ccc4c5ccccc5[se]c34)c2)c2ccc3c(c2)c2cc4ccccc4cc2n3-c2ccccc2)cc1. The molecule has 0 spiro atoms. The van der Waals surface area contributed by atoms with E-state index in [1.54, 1.807) is 0 Å². The van der Waals surface area contributed by atoms with Gasteiger partial charge in [-0.1, -0.05) is 42.5 Å². The van der Waals surface area contributed by atoms with Crippen LogP contribution in [0.25, 0.3) is 68.3 Å². The summed E-state index contributed by atoms with van der Waals surface area (Å²) in [5.41, 5.74) is 7.02. The van der Waals surface area contributed by atoms with Gasteiger partial charge in [-0.15, -0.1) is 0 Å². The van der Waals surface area contributed by atoms with Gasteiger partial charge >= 0.3 is 219 Å². The number of hydrogen-bond donors (Lipinski definition) is 0. The molecule has 10 rings (SSSR count). The van der Waals surface area contributed by atoms with Crippen molar-refractivity contribution in [3.05, 3.63) is 170 Å². The maximum atomic E-state index is 2.41. The Morgan fingerprint density at radius 2 is 1.04 bits per heavy atom. The van der Waals surface area contributed by atoms with Crippen LogP contribution in [0, 0.1) is 0 Å². The van der Waals surface area contributed by atoms with Gasteiger partial charge in [-0.05, 0) is 17.5 Å². The normalized spacial score (nSPS) is 11.8. The molecule has 0 N–H and O–H groups in total. The van der Waals surface area contributed by atoms with E-state index < -0.39 is 0 Å². The van der Waals surface area contributed by atoms with Crippen LogP contribution in [0.15, 0.2) is 170 Å². The predicted octanol–water partition coefficient (Wildman–Crippen LogP) is 11.9. The van der Waals surface area contributed by atoms with Gasteiger partial charge in [0, 0.05) is 0 Å². The van der Waals surface area contributed by atoms with Crippen molar-refractivity contribution >= 4 is 94.2 Å². The fourth-order valence-electron chi connectivity index (χ4n) is 7.35. The third kappa shape index (κ3) is 4.18. The molecular formula is C44H28N2Se. The summed E-state index contributed by atoms with van der Waals surface area (Å²) in [5, 5.41) is 10.4. The van der Waals surface area contributed by atoms with Crippen LogP contribution in [0.1, 0.15) is 0 Å². The number of fused-ring (bicyclic) bond motifs is 9. The van der Waals surface area contributed by atoms with Crippen LogP contribution in [-0.2, 0) is 0 Å². The van der Waals surface area contributed by atoms with E-state index in [0.717, 1.165) is 17.1 Å². The molecule has 0 unspecified atom stereocenters. The van der Waals surface area contributed by atoms with Crippen LogP contribution in [0.4, 0.5) is 17.1 Å². The van der Waals surface area contributed by atoms with Crippen molar-refractivity contribution in [1.29, 1.82) is 0 Å². The van der Waals surface area contributed by atoms with Crippen molar-refractivity contribution in [2.24, 2.45) is 0 Å². The standard InChI is InChI=1S/C44H28N2Se/c1-3-13-32(14-4-1)45(34-20-23-36-31(25-34)19-22-38-37-17-9-10-18-43(37)47-44(36)38)35-21-24-41-40(28-35)39-26-29-11-7-8-12-30(29)27-42(39)46(41)33-15-5-2-6-16-33/h1-28H. The van der Waals surface area contributed by atoms with E-state index in [0.29, 0.717) is 14.5 Å². The minimum atomic E-state index is 0.314. The Labute approximate surface area is 278 Å². The van der Waals surface area contributed by atoms with Crippen LogP contribution in [0.3, 0.4) is 0 Å². The van der Waals surface area contributed by atoms with Crippen molar-refractivity contribution in [2.45, 2.75) is 0 Å². The molecule has 0 fully saturated rings. The van der Waals surface area contributed by atoms with Gasteiger partial charge in [0.2, 0.25) is 0 Å². The number of nitrogens with zero attached hydrogens (tertiary/aromatic N) is 2. The topological polar surface area (TPSA) is 8.17 Å². The van der Waals surface area contributed by atoms with E-state index in [2.05, 4.69) is 179 Å². The van der Waals surface area contributed by atoms with Gasteiger partial charge in [-0.2, -0.15) is 0 Å². The van der Waals surface area contributed by atoms with E-state index in [-0.39, 0.29) is 0 Å². The first-order valence-corrected chi connectivity index (χ1v) is 17.7. The molecule has 0 aliphatic heterocycles. The molecule has 0 bridgehead atoms. The molecule has 0 atom stereocenters. The molecule has 0 radical (unpaired) electrons. The Morgan fingerprint density at radius 3 is 1.89 bits per heavy atom. The summed E-state index contributed by atoms with van der Waals surface area (Å²) in [6.45, 7) is 0. The second-order valence-corrected chi connectivity index (χ2v) is 14.4. The molecule has 2 aromatic heterocycles. The average Bonchev–Trinajstić information content (AvgIpc) is 3.67. The van der Waals surface area contributed by atoms with Crippen molar-refractivity contribution < 1.29 is 0 Å². The van der Waals surface area contributed by atoms with Gasteiger partial charge in [-0.3, -0.25) is 0 Å². The van der Waals surface area contributed by atoms with Gasteiger partial charge in [0.15, 0.2) is 0 Å². The zero-order valence-corrected chi connectivity index (χ0v) is 27.2. The molecule has 0 saturated carbocycles. The third-order valence-corrected chi connectivity index (χ3v) is 12.1. The summed E-state index contributed by atoms with van der Waals surface area (Å²) in [5.74, 6) is 0. The van der Waals surface area contributed by atoms with E-state index >= 15 is 0 Å². The molecule has 10 aromatic rings. The van der Waals surface area contributed by atoms with Gasteiger partial charge in [-0.25, -0.2) is 0 Å². The van der Waals surface area contributed by atoms with Crippen LogP contribution in [-0.4, -0.2) is 19.1 Å². The molecule has 3 heteroatoms. The van der Waals surface area contributed by atoms with Crippen molar-refractivity contribution in [3.63, 3.8) is 0 Å². The quantitative estimate of drug-likeness (QED) is 0.170. The Morgan fingerprint density at radius 1 is 0.383 bits per heavy atom. The van der Waals surface area contributed by atoms with Crippen LogP contribution < -0.4 is 4.90 Å². The molecule has 220 valence electrons. The first-order chi connectivity index (χ1) is 23.3. The van der Waals surface area contributed by atoms with Crippen molar-refractivity contribution in [1.82, 2.24) is 4.57 Å².